The molecule has 3 heterocycles. The van der Waals surface area contributed by atoms with Crippen LogP contribution in [-0.2, 0) is 9.53 Å². The molecule has 1 aliphatic carbocycles. The zero-order chi connectivity index (χ0) is 27.9. The van der Waals surface area contributed by atoms with Gasteiger partial charge in [-0.15, -0.1) is 0 Å². The molecule has 1 aromatic carbocycles. The molecule has 0 spiro atoms. The number of fused-ring (bicyclic) bond motifs is 1. The van der Waals surface area contributed by atoms with Gasteiger partial charge in [-0.2, -0.15) is 0 Å². The van der Waals surface area contributed by atoms with E-state index in [1.54, 1.807) is 20.8 Å². The molecule has 208 valence electrons. The number of amides is 2. The predicted octanol–water partition coefficient (Wildman–Crippen LogP) is 6.60. The van der Waals surface area contributed by atoms with Crippen molar-refractivity contribution in [3.05, 3.63) is 53.1 Å². The number of rotatable bonds is 6. The van der Waals surface area contributed by atoms with E-state index in [1.165, 1.54) is 11.8 Å². The van der Waals surface area contributed by atoms with Gasteiger partial charge >= 0.3 is 6.09 Å². The first-order valence-corrected chi connectivity index (χ1v) is 14.1. The highest BCUT2D eigenvalue weighted by atomic mass is 19.1. The lowest BCUT2D eigenvalue weighted by Gasteiger charge is -2.32. The van der Waals surface area contributed by atoms with Crippen LogP contribution in [0, 0.1) is 5.82 Å². The summed E-state index contributed by atoms with van der Waals surface area (Å²) in [6.07, 6.45) is 4.72. The zero-order valence-corrected chi connectivity index (χ0v) is 23.6. The number of nitrogens with one attached hydrogen (secondary N) is 2. The number of nitrogens with zero attached hydrogens (tertiary/aromatic N) is 2. The van der Waals surface area contributed by atoms with Crippen molar-refractivity contribution in [1.82, 2.24) is 20.2 Å². The van der Waals surface area contributed by atoms with E-state index in [-0.39, 0.29) is 24.2 Å². The summed E-state index contributed by atoms with van der Waals surface area (Å²) in [4.78, 5) is 34.2. The number of hydrogen-bond donors (Lipinski definition) is 2. The van der Waals surface area contributed by atoms with Gasteiger partial charge in [-0.3, -0.25) is 9.78 Å². The van der Waals surface area contributed by atoms with Crippen LogP contribution < -0.4 is 5.32 Å². The smallest absolute Gasteiger partial charge is 0.408 e. The Balaban J connectivity index is 1.30. The highest BCUT2D eigenvalue weighted by Gasteiger charge is 2.28. The standard InChI is InChI=1S/C31H39FN4O3/c1-18(2)28-23-14-21(19-10-12-36(13-11-19)27(37)17-34-30(38)39-31(3,4)5)8-9-25(23)35-29(28)22-15-26(20-6-7-20)33-16-24(22)32/h8-9,14-16,18-20,35H,6-7,10-13,17H2,1-5H3,(H,34,38). The first-order valence-electron chi connectivity index (χ1n) is 14.1. The average Bonchev–Trinajstić information content (AvgIpc) is 3.66. The number of aromatic nitrogens is 2. The maximum Gasteiger partial charge on any atom is 0.408 e. The number of likely N-dealkylation sites (tertiary alicyclic amines) is 1. The molecule has 7 nitrogen and oxygen atoms in total. The summed E-state index contributed by atoms with van der Waals surface area (Å²) in [6.45, 7) is 10.9. The average molecular weight is 535 g/mol. The number of benzene rings is 1. The van der Waals surface area contributed by atoms with Gasteiger partial charge in [0.15, 0.2) is 5.82 Å². The van der Waals surface area contributed by atoms with E-state index in [4.69, 9.17) is 4.74 Å². The van der Waals surface area contributed by atoms with Crippen LogP contribution in [0.1, 0.15) is 94.9 Å². The molecule has 39 heavy (non-hydrogen) atoms. The van der Waals surface area contributed by atoms with E-state index in [2.05, 4.69) is 47.3 Å². The van der Waals surface area contributed by atoms with Crippen LogP contribution in [-0.4, -0.2) is 52.1 Å². The number of carbonyl (C=O) groups is 2. The molecule has 0 unspecified atom stereocenters. The molecular formula is C31H39FN4O3. The lowest BCUT2D eigenvalue weighted by molar-refractivity contribution is -0.131. The number of piperidine rings is 1. The number of pyridine rings is 1. The molecule has 2 aromatic heterocycles. The molecular weight excluding hydrogens is 495 g/mol. The number of aromatic amines is 1. The fourth-order valence-corrected chi connectivity index (χ4v) is 5.58. The van der Waals surface area contributed by atoms with Crippen molar-refractivity contribution in [3.63, 3.8) is 0 Å². The molecule has 2 N–H and O–H groups in total. The lowest BCUT2D eigenvalue weighted by atomic mass is 9.87. The molecule has 1 saturated heterocycles. The molecule has 0 radical (unpaired) electrons. The summed E-state index contributed by atoms with van der Waals surface area (Å²) < 4.78 is 20.2. The molecule has 2 fully saturated rings. The minimum Gasteiger partial charge on any atom is -0.444 e. The second-order valence-corrected chi connectivity index (χ2v) is 12.2. The zero-order valence-electron chi connectivity index (χ0n) is 23.6. The van der Waals surface area contributed by atoms with E-state index in [0.29, 0.717) is 30.5 Å². The predicted molar refractivity (Wildman–Crippen MR) is 150 cm³/mol. The van der Waals surface area contributed by atoms with E-state index in [0.717, 1.165) is 53.5 Å². The third-order valence-corrected chi connectivity index (χ3v) is 7.68. The monoisotopic (exact) mass is 534 g/mol. The first kappa shape index (κ1) is 27.2. The van der Waals surface area contributed by atoms with Gasteiger partial charge in [-0.25, -0.2) is 9.18 Å². The third kappa shape index (κ3) is 6.10. The summed E-state index contributed by atoms with van der Waals surface area (Å²) in [6, 6.07) is 8.42. The van der Waals surface area contributed by atoms with Crippen LogP contribution >= 0.6 is 0 Å². The van der Waals surface area contributed by atoms with Crippen LogP contribution in [0.5, 0.6) is 0 Å². The molecule has 5 rings (SSSR count). The number of halogens is 1. The van der Waals surface area contributed by atoms with Crippen LogP contribution in [0.4, 0.5) is 9.18 Å². The fourth-order valence-electron chi connectivity index (χ4n) is 5.58. The summed E-state index contributed by atoms with van der Waals surface area (Å²) >= 11 is 0. The number of alkyl carbamates (subject to hydrolysis) is 1. The lowest BCUT2D eigenvalue weighted by Crippen LogP contribution is -2.44. The van der Waals surface area contributed by atoms with Gasteiger partial charge in [0.2, 0.25) is 5.91 Å². The number of carbonyl (C=O) groups excluding carboxylic acids is 2. The Morgan fingerprint density at radius 3 is 2.49 bits per heavy atom. The number of ether oxygens (including phenoxy) is 1. The van der Waals surface area contributed by atoms with Crippen LogP contribution in [0.15, 0.2) is 30.5 Å². The van der Waals surface area contributed by atoms with E-state index in [1.807, 2.05) is 11.0 Å². The van der Waals surface area contributed by atoms with Gasteiger partial charge in [-0.05, 0) is 87.6 Å². The third-order valence-electron chi connectivity index (χ3n) is 7.68. The van der Waals surface area contributed by atoms with Gasteiger partial charge < -0.3 is 19.9 Å². The van der Waals surface area contributed by atoms with Crippen molar-refractivity contribution in [3.8, 4) is 11.3 Å². The Morgan fingerprint density at radius 1 is 1.13 bits per heavy atom. The molecule has 8 heteroatoms. The summed E-state index contributed by atoms with van der Waals surface area (Å²) in [7, 11) is 0. The molecule has 0 bridgehead atoms. The largest absolute Gasteiger partial charge is 0.444 e. The molecule has 2 aliphatic rings. The topological polar surface area (TPSA) is 87.3 Å². The van der Waals surface area contributed by atoms with Gasteiger partial charge in [0.25, 0.3) is 0 Å². The van der Waals surface area contributed by atoms with Crippen molar-refractivity contribution in [2.45, 2.75) is 83.7 Å². The second-order valence-electron chi connectivity index (χ2n) is 12.2. The minimum absolute atomic E-state index is 0.0660. The summed E-state index contributed by atoms with van der Waals surface area (Å²) in [5, 5.41) is 3.69. The molecule has 0 atom stereocenters. The Morgan fingerprint density at radius 2 is 1.85 bits per heavy atom. The van der Waals surface area contributed by atoms with Crippen molar-refractivity contribution >= 4 is 22.9 Å². The maximum atomic E-state index is 15.0. The van der Waals surface area contributed by atoms with Crippen molar-refractivity contribution in [2.24, 2.45) is 0 Å². The normalized spacial score (nSPS) is 16.6. The van der Waals surface area contributed by atoms with Crippen LogP contribution in [0.2, 0.25) is 0 Å². The van der Waals surface area contributed by atoms with Crippen LogP contribution in [0.25, 0.3) is 22.2 Å². The molecule has 2 amide bonds. The van der Waals surface area contributed by atoms with E-state index in [9.17, 15) is 9.59 Å². The Labute approximate surface area is 229 Å². The Bertz CT molecular complexity index is 1380. The van der Waals surface area contributed by atoms with Crippen molar-refractivity contribution in [2.75, 3.05) is 19.6 Å². The first-order chi connectivity index (χ1) is 18.5. The fraction of sp³-hybridized carbons (Fsp3) is 0.516. The number of hydrogen-bond acceptors (Lipinski definition) is 4. The second kappa shape index (κ2) is 10.6. The molecule has 3 aromatic rings. The highest BCUT2D eigenvalue weighted by Crippen LogP contribution is 2.43. The van der Waals surface area contributed by atoms with Crippen molar-refractivity contribution in [1.29, 1.82) is 0 Å². The van der Waals surface area contributed by atoms with Gasteiger partial charge in [0.1, 0.15) is 12.1 Å². The summed E-state index contributed by atoms with van der Waals surface area (Å²) in [5.41, 5.74) is 5.18. The molecule has 1 saturated carbocycles. The summed E-state index contributed by atoms with van der Waals surface area (Å²) in [5.74, 6) is 0.588. The van der Waals surface area contributed by atoms with E-state index < -0.39 is 11.7 Å². The van der Waals surface area contributed by atoms with Gasteiger partial charge in [0.05, 0.1) is 11.9 Å². The quantitative estimate of drug-likeness (QED) is 0.373. The van der Waals surface area contributed by atoms with E-state index >= 15 is 4.39 Å². The highest BCUT2D eigenvalue weighted by molar-refractivity contribution is 5.92. The van der Waals surface area contributed by atoms with Gasteiger partial charge in [0, 0.05) is 41.2 Å². The SMILES string of the molecule is CC(C)c1c(-c2cc(C3CC3)ncc2F)[nH]c2ccc(C3CCN(C(=O)CNC(=O)OC(C)(C)C)CC3)cc12. The van der Waals surface area contributed by atoms with Gasteiger partial charge in [-0.1, -0.05) is 19.9 Å². The Kier molecular flexibility index (Phi) is 7.40. The maximum absolute atomic E-state index is 15.0. The van der Waals surface area contributed by atoms with Crippen LogP contribution in [0.3, 0.4) is 0 Å². The minimum atomic E-state index is -0.603. The molecule has 1 aliphatic heterocycles. The number of H-pyrrole nitrogens is 1. The van der Waals surface area contributed by atoms with Crippen molar-refractivity contribution < 1.29 is 18.7 Å². The Hall–Kier alpha value is -3.42.